The maximum absolute atomic E-state index is 12.4. The van der Waals surface area contributed by atoms with E-state index < -0.39 is 0 Å². The largest absolute Gasteiger partial charge is 0.322 e. The lowest BCUT2D eigenvalue weighted by Crippen LogP contribution is -2.36. The van der Waals surface area contributed by atoms with Gasteiger partial charge in [0.15, 0.2) is 0 Å². The number of likely N-dealkylation sites (tertiary alicyclic amines) is 1. The van der Waals surface area contributed by atoms with Crippen molar-refractivity contribution in [2.45, 2.75) is 32.2 Å². The maximum Gasteiger partial charge on any atom is 0.255 e. The van der Waals surface area contributed by atoms with Crippen molar-refractivity contribution in [3.05, 3.63) is 65.7 Å². The molecule has 1 heterocycles. The second kappa shape index (κ2) is 9.67. The zero-order chi connectivity index (χ0) is 19.1. The zero-order valence-corrected chi connectivity index (χ0v) is 16.4. The summed E-state index contributed by atoms with van der Waals surface area (Å²) in [4.78, 5) is 15.0. The number of anilines is 1. The van der Waals surface area contributed by atoms with Gasteiger partial charge in [-0.2, -0.15) is 0 Å². The van der Waals surface area contributed by atoms with Gasteiger partial charge in [0.05, 0.1) is 0 Å². The normalized spacial score (nSPS) is 16.8. The summed E-state index contributed by atoms with van der Waals surface area (Å²) in [5, 5.41) is 6.28. The molecule has 1 fully saturated rings. The van der Waals surface area contributed by atoms with Crippen LogP contribution in [-0.2, 0) is 0 Å². The topological polar surface area (TPSA) is 44.4 Å². The van der Waals surface area contributed by atoms with Gasteiger partial charge in [0.2, 0.25) is 0 Å². The summed E-state index contributed by atoms with van der Waals surface area (Å²) in [5.74, 6) is 0.781. The fourth-order valence-electron chi connectivity index (χ4n) is 3.86. The van der Waals surface area contributed by atoms with Crippen LogP contribution in [-0.4, -0.2) is 37.5 Å². The van der Waals surface area contributed by atoms with Crippen LogP contribution in [0.25, 0.3) is 0 Å². The van der Waals surface area contributed by atoms with Crippen molar-refractivity contribution in [3.63, 3.8) is 0 Å². The minimum Gasteiger partial charge on any atom is -0.322 e. The lowest BCUT2D eigenvalue weighted by atomic mass is 9.92. The minimum absolute atomic E-state index is 0.0641. The molecule has 1 amide bonds. The molecule has 27 heavy (non-hydrogen) atoms. The molecule has 0 spiro atoms. The highest BCUT2D eigenvalue weighted by molar-refractivity contribution is 6.04. The SMILES string of the molecule is CNCCC1CCN(C(C)c2cccc(NC(=O)c3ccccc3)c2)CC1. The van der Waals surface area contributed by atoms with Crippen LogP contribution in [0.15, 0.2) is 54.6 Å². The van der Waals surface area contributed by atoms with Gasteiger partial charge in [-0.05, 0) is 88.6 Å². The Balaban J connectivity index is 1.59. The molecule has 4 heteroatoms. The number of nitrogens with zero attached hydrogens (tertiary/aromatic N) is 1. The summed E-state index contributed by atoms with van der Waals surface area (Å²) in [6.45, 7) is 5.68. The highest BCUT2D eigenvalue weighted by Gasteiger charge is 2.23. The molecule has 0 aromatic heterocycles. The average molecular weight is 366 g/mol. The van der Waals surface area contributed by atoms with Crippen LogP contribution in [0.5, 0.6) is 0 Å². The molecule has 1 atom stereocenters. The van der Waals surface area contributed by atoms with Gasteiger partial charge in [0.25, 0.3) is 5.91 Å². The first-order valence-corrected chi connectivity index (χ1v) is 10.0. The van der Waals surface area contributed by atoms with Crippen molar-refractivity contribution in [2.75, 3.05) is 32.0 Å². The quantitative estimate of drug-likeness (QED) is 0.768. The summed E-state index contributed by atoms with van der Waals surface area (Å²) < 4.78 is 0. The Labute approximate surface area is 163 Å². The number of piperidine rings is 1. The highest BCUT2D eigenvalue weighted by Crippen LogP contribution is 2.29. The number of nitrogens with one attached hydrogen (secondary N) is 2. The Morgan fingerprint density at radius 1 is 1.11 bits per heavy atom. The van der Waals surface area contributed by atoms with Gasteiger partial charge in [0, 0.05) is 17.3 Å². The molecule has 1 aliphatic rings. The summed E-state index contributed by atoms with van der Waals surface area (Å²) in [7, 11) is 2.03. The smallest absolute Gasteiger partial charge is 0.255 e. The summed E-state index contributed by atoms with van der Waals surface area (Å²) in [5.41, 5.74) is 2.80. The Hall–Kier alpha value is -2.17. The lowest BCUT2D eigenvalue weighted by Gasteiger charge is -2.36. The number of carbonyl (C=O) groups is 1. The van der Waals surface area contributed by atoms with E-state index in [1.807, 2.05) is 49.5 Å². The third-order valence-electron chi connectivity index (χ3n) is 5.66. The van der Waals surface area contributed by atoms with Crippen LogP contribution < -0.4 is 10.6 Å². The maximum atomic E-state index is 12.4. The van der Waals surface area contributed by atoms with E-state index in [4.69, 9.17) is 0 Å². The third-order valence-corrected chi connectivity index (χ3v) is 5.66. The monoisotopic (exact) mass is 365 g/mol. The lowest BCUT2D eigenvalue weighted by molar-refractivity contribution is 0.102. The van der Waals surface area contributed by atoms with Crippen molar-refractivity contribution >= 4 is 11.6 Å². The molecule has 1 saturated heterocycles. The molecule has 2 N–H and O–H groups in total. The van der Waals surface area contributed by atoms with Gasteiger partial charge in [-0.15, -0.1) is 0 Å². The fraction of sp³-hybridized carbons (Fsp3) is 0.435. The highest BCUT2D eigenvalue weighted by atomic mass is 16.1. The van der Waals surface area contributed by atoms with Crippen molar-refractivity contribution in [1.29, 1.82) is 0 Å². The van der Waals surface area contributed by atoms with Gasteiger partial charge in [-0.1, -0.05) is 30.3 Å². The summed E-state index contributed by atoms with van der Waals surface area (Å²) in [6.07, 6.45) is 3.83. The molecule has 4 nitrogen and oxygen atoms in total. The number of carbonyl (C=O) groups excluding carboxylic acids is 1. The van der Waals surface area contributed by atoms with Crippen LogP contribution >= 0.6 is 0 Å². The van der Waals surface area contributed by atoms with Gasteiger partial charge in [-0.25, -0.2) is 0 Å². The number of hydrogen-bond acceptors (Lipinski definition) is 3. The van der Waals surface area contributed by atoms with Gasteiger partial charge in [0.1, 0.15) is 0 Å². The first-order valence-electron chi connectivity index (χ1n) is 10.0. The summed E-state index contributed by atoms with van der Waals surface area (Å²) >= 11 is 0. The predicted molar refractivity (Wildman–Crippen MR) is 112 cm³/mol. The van der Waals surface area contributed by atoms with Crippen LogP contribution in [0.4, 0.5) is 5.69 Å². The number of rotatable bonds is 7. The Kier molecular flexibility index (Phi) is 7.02. The standard InChI is InChI=1S/C23H31N3O/c1-18(26-15-12-19(13-16-26)11-14-24-2)21-9-6-10-22(17-21)25-23(27)20-7-4-3-5-8-20/h3-10,17-19,24H,11-16H2,1-2H3,(H,25,27). The number of hydrogen-bond donors (Lipinski definition) is 2. The molecule has 1 unspecified atom stereocenters. The zero-order valence-electron chi connectivity index (χ0n) is 16.4. The van der Waals surface area contributed by atoms with E-state index in [2.05, 4.69) is 34.6 Å². The molecule has 3 rings (SSSR count). The van der Waals surface area contributed by atoms with Crippen molar-refractivity contribution < 1.29 is 4.79 Å². The van der Waals surface area contributed by atoms with E-state index >= 15 is 0 Å². The van der Waals surface area contributed by atoms with Crippen LogP contribution in [0.1, 0.15) is 48.1 Å². The molecule has 1 aliphatic heterocycles. The van der Waals surface area contributed by atoms with Crippen molar-refractivity contribution in [1.82, 2.24) is 10.2 Å². The van der Waals surface area contributed by atoms with Gasteiger partial charge in [-0.3, -0.25) is 9.69 Å². The Morgan fingerprint density at radius 2 is 1.85 bits per heavy atom. The second-order valence-corrected chi connectivity index (χ2v) is 7.49. The average Bonchev–Trinajstić information content (AvgIpc) is 2.73. The number of benzene rings is 2. The molecule has 0 radical (unpaired) electrons. The van der Waals surface area contributed by atoms with E-state index in [-0.39, 0.29) is 5.91 Å². The molecular weight excluding hydrogens is 334 g/mol. The molecule has 0 bridgehead atoms. The van der Waals surface area contributed by atoms with Crippen molar-refractivity contribution in [2.24, 2.45) is 5.92 Å². The molecule has 0 aliphatic carbocycles. The fourth-order valence-corrected chi connectivity index (χ4v) is 3.86. The van der Waals surface area contributed by atoms with Gasteiger partial charge >= 0.3 is 0 Å². The molecule has 0 saturated carbocycles. The van der Waals surface area contributed by atoms with Crippen LogP contribution in [0, 0.1) is 5.92 Å². The van der Waals surface area contributed by atoms with E-state index in [1.54, 1.807) is 0 Å². The first-order chi connectivity index (χ1) is 13.2. The minimum atomic E-state index is -0.0641. The van der Waals surface area contributed by atoms with E-state index in [9.17, 15) is 4.79 Å². The summed E-state index contributed by atoms with van der Waals surface area (Å²) in [6, 6.07) is 18.0. The Bertz CT molecular complexity index is 723. The van der Waals surface area contributed by atoms with E-state index in [0.29, 0.717) is 11.6 Å². The van der Waals surface area contributed by atoms with Crippen LogP contribution in [0.3, 0.4) is 0 Å². The second-order valence-electron chi connectivity index (χ2n) is 7.49. The first kappa shape index (κ1) is 19.6. The predicted octanol–water partition coefficient (Wildman–Crippen LogP) is 4.32. The van der Waals surface area contributed by atoms with E-state index in [1.165, 1.54) is 24.8 Å². The third kappa shape index (κ3) is 5.41. The number of amides is 1. The molecular formula is C23H31N3O. The van der Waals surface area contributed by atoms with Crippen LogP contribution in [0.2, 0.25) is 0 Å². The van der Waals surface area contributed by atoms with Gasteiger partial charge < -0.3 is 10.6 Å². The Morgan fingerprint density at radius 3 is 2.56 bits per heavy atom. The van der Waals surface area contributed by atoms with Crippen molar-refractivity contribution in [3.8, 4) is 0 Å². The molecule has 2 aromatic carbocycles. The van der Waals surface area contributed by atoms with E-state index in [0.717, 1.165) is 31.2 Å². The molecule has 2 aromatic rings. The molecule has 144 valence electrons.